The maximum absolute atomic E-state index is 5.95. The van der Waals surface area contributed by atoms with Gasteiger partial charge in [0.1, 0.15) is 0 Å². The Kier molecular flexibility index (Phi) is 3.98. The minimum absolute atomic E-state index is 0.243. The van der Waals surface area contributed by atoms with E-state index >= 15 is 0 Å². The number of aryl methyl sites for hydroxylation is 1. The molecular formula is C13H22N4O2. The SMILES string of the molecule is Cc1nnc(N2CCCO[C@@H](CN3CCCC3)C2)o1. The van der Waals surface area contributed by atoms with E-state index in [0.29, 0.717) is 11.9 Å². The van der Waals surface area contributed by atoms with Crippen molar-refractivity contribution in [1.29, 1.82) is 0 Å². The summed E-state index contributed by atoms with van der Waals surface area (Å²) in [6.07, 6.45) is 3.89. The predicted octanol–water partition coefficient (Wildman–Crippen LogP) is 1.07. The minimum Gasteiger partial charge on any atom is -0.408 e. The van der Waals surface area contributed by atoms with Gasteiger partial charge in [0.25, 0.3) is 0 Å². The Hall–Kier alpha value is -1.14. The van der Waals surface area contributed by atoms with Crippen LogP contribution in [0.3, 0.4) is 0 Å². The normalized spacial score (nSPS) is 25.7. The Morgan fingerprint density at radius 3 is 2.74 bits per heavy atom. The number of anilines is 1. The summed E-state index contributed by atoms with van der Waals surface area (Å²) in [6, 6.07) is 0.634. The molecule has 0 aromatic carbocycles. The summed E-state index contributed by atoms with van der Waals surface area (Å²) >= 11 is 0. The molecule has 106 valence electrons. The van der Waals surface area contributed by atoms with E-state index in [9.17, 15) is 0 Å². The van der Waals surface area contributed by atoms with Crippen molar-refractivity contribution in [2.75, 3.05) is 44.2 Å². The monoisotopic (exact) mass is 266 g/mol. The maximum atomic E-state index is 5.95. The highest BCUT2D eigenvalue weighted by Crippen LogP contribution is 2.17. The molecule has 2 aliphatic heterocycles. The highest BCUT2D eigenvalue weighted by molar-refractivity contribution is 5.24. The van der Waals surface area contributed by atoms with Crippen LogP contribution >= 0.6 is 0 Å². The Balaban J connectivity index is 1.62. The van der Waals surface area contributed by atoms with E-state index in [-0.39, 0.29) is 6.10 Å². The molecule has 1 aromatic rings. The van der Waals surface area contributed by atoms with Gasteiger partial charge in [0, 0.05) is 33.2 Å². The molecule has 0 radical (unpaired) electrons. The van der Waals surface area contributed by atoms with Crippen LogP contribution in [-0.4, -0.2) is 60.5 Å². The molecule has 0 amide bonds. The molecule has 0 saturated carbocycles. The molecule has 1 aromatic heterocycles. The topological polar surface area (TPSA) is 54.6 Å². The van der Waals surface area contributed by atoms with E-state index < -0.39 is 0 Å². The number of hydrogen-bond acceptors (Lipinski definition) is 6. The number of hydrogen-bond donors (Lipinski definition) is 0. The second kappa shape index (κ2) is 5.88. The largest absolute Gasteiger partial charge is 0.408 e. The molecule has 3 heterocycles. The first-order valence-electron chi connectivity index (χ1n) is 7.20. The summed E-state index contributed by atoms with van der Waals surface area (Å²) in [7, 11) is 0. The summed E-state index contributed by atoms with van der Waals surface area (Å²) in [4.78, 5) is 4.65. The quantitative estimate of drug-likeness (QED) is 0.815. The Morgan fingerprint density at radius 2 is 2.00 bits per heavy atom. The third kappa shape index (κ3) is 3.25. The van der Waals surface area contributed by atoms with Crippen molar-refractivity contribution in [2.24, 2.45) is 0 Å². The van der Waals surface area contributed by atoms with Crippen LogP contribution < -0.4 is 4.90 Å². The van der Waals surface area contributed by atoms with E-state index in [4.69, 9.17) is 9.15 Å². The van der Waals surface area contributed by atoms with Crippen LogP contribution in [0.2, 0.25) is 0 Å². The third-order valence-corrected chi connectivity index (χ3v) is 3.80. The van der Waals surface area contributed by atoms with Crippen molar-refractivity contribution < 1.29 is 9.15 Å². The van der Waals surface area contributed by atoms with Crippen LogP contribution in [-0.2, 0) is 4.74 Å². The number of rotatable bonds is 3. The molecule has 2 aliphatic rings. The molecule has 6 heteroatoms. The van der Waals surface area contributed by atoms with Gasteiger partial charge >= 0.3 is 6.01 Å². The summed E-state index contributed by atoms with van der Waals surface area (Å²) < 4.78 is 11.5. The lowest BCUT2D eigenvalue weighted by Crippen LogP contribution is -2.39. The van der Waals surface area contributed by atoms with Crippen molar-refractivity contribution in [3.05, 3.63) is 5.89 Å². The van der Waals surface area contributed by atoms with E-state index in [1.807, 2.05) is 6.92 Å². The predicted molar refractivity (Wildman–Crippen MR) is 71.3 cm³/mol. The lowest BCUT2D eigenvalue weighted by molar-refractivity contribution is 0.0448. The van der Waals surface area contributed by atoms with Crippen LogP contribution in [0.15, 0.2) is 4.42 Å². The smallest absolute Gasteiger partial charge is 0.318 e. The zero-order chi connectivity index (χ0) is 13.1. The van der Waals surface area contributed by atoms with Crippen molar-refractivity contribution in [1.82, 2.24) is 15.1 Å². The third-order valence-electron chi connectivity index (χ3n) is 3.80. The van der Waals surface area contributed by atoms with Gasteiger partial charge in [-0.25, -0.2) is 0 Å². The first-order chi connectivity index (χ1) is 9.31. The highest BCUT2D eigenvalue weighted by atomic mass is 16.5. The lowest BCUT2D eigenvalue weighted by Gasteiger charge is -2.25. The van der Waals surface area contributed by atoms with Gasteiger partial charge in [-0.3, -0.25) is 0 Å². The van der Waals surface area contributed by atoms with E-state index in [1.165, 1.54) is 25.9 Å². The van der Waals surface area contributed by atoms with Crippen molar-refractivity contribution in [3.8, 4) is 0 Å². The molecule has 2 saturated heterocycles. The number of ether oxygens (including phenoxy) is 1. The minimum atomic E-state index is 0.243. The summed E-state index contributed by atoms with van der Waals surface area (Å²) in [5.74, 6) is 0.622. The van der Waals surface area contributed by atoms with Crippen LogP contribution in [0.4, 0.5) is 6.01 Å². The fourth-order valence-corrected chi connectivity index (χ4v) is 2.85. The molecule has 0 spiro atoms. The first kappa shape index (κ1) is 12.9. The van der Waals surface area contributed by atoms with Gasteiger partial charge in [0.2, 0.25) is 5.89 Å². The highest BCUT2D eigenvalue weighted by Gasteiger charge is 2.25. The van der Waals surface area contributed by atoms with Gasteiger partial charge in [-0.15, -0.1) is 5.10 Å². The Bertz CT molecular complexity index is 403. The maximum Gasteiger partial charge on any atom is 0.318 e. The van der Waals surface area contributed by atoms with Crippen LogP contribution in [0.5, 0.6) is 0 Å². The number of aromatic nitrogens is 2. The second-order valence-electron chi connectivity index (χ2n) is 5.40. The van der Waals surface area contributed by atoms with Crippen molar-refractivity contribution >= 4 is 6.01 Å². The van der Waals surface area contributed by atoms with E-state index in [2.05, 4.69) is 20.0 Å². The first-order valence-corrected chi connectivity index (χ1v) is 7.20. The average molecular weight is 266 g/mol. The van der Waals surface area contributed by atoms with Gasteiger partial charge < -0.3 is 19.0 Å². The Labute approximate surface area is 113 Å². The summed E-state index contributed by atoms with van der Waals surface area (Å²) in [6.45, 7) is 7.85. The zero-order valence-electron chi connectivity index (χ0n) is 11.5. The molecular weight excluding hydrogens is 244 g/mol. The van der Waals surface area contributed by atoms with Crippen LogP contribution in [0, 0.1) is 6.92 Å². The lowest BCUT2D eigenvalue weighted by atomic mass is 10.3. The summed E-state index contributed by atoms with van der Waals surface area (Å²) in [5.41, 5.74) is 0. The van der Waals surface area contributed by atoms with Crippen LogP contribution in [0.1, 0.15) is 25.2 Å². The number of likely N-dealkylation sites (tertiary alicyclic amines) is 1. The van der Waals surface area contributed by atoms with Crippen LogP contribution in [0.25, 0.3) is 0 Å². The molecule has 0 unspecified atom stereocenters. The van der Waals surface area contributed by atoms with E-state index in [1.54, 1.807) is 0 Å². The van der Waals surface area contributed by atoms with Crippen molar-refractivity contribution in [3.63, 3.8) is 0 Å². The van der Waals surface area contributed by atoms with Gasteiger partial charge in [0.15, 0.2) is 0 Å². The van der Waals surface area contributed by atoms with E-state index in [0.717, 1.165) is 32.7 Å². The summed E-state index contributed by atoms with van der Waals surface area (Å²) in [5, 5.41) is 8.03. The molecule has 0 N–H and O–H groups in total. The second-order valence-corrected chi connectivity index (χ2v) is 5.40. The molecule has 19 heavy (non-hydrogen) atoms. The fourth-order valence-electron chi connectivity index (χ4n) is 2.85. The standard InChI is InChI=1S/C13H22N4O2/c1-11-14-15-13(19-11)17-7-4-8-18-12(10-17)9-16-5-2-3-6-16/h12H,2-10H2,1H3/t12-/m0/s1. The average Bonchev–Trinajstić information content (AvgIpc) is 2.99. The fraction of sp³-hybridized carbons (Fsp3) is 0.846. The van der Waals surface area contributed by atoms with Gasteiger partial charge in [0.05, 0.1) is 6.10 Å². The molecule has 1 atom stereocenters. The van der Waals surface area contributed by atoms with Gasteiger partial charge in [-0.1, -0.05) is 5.10 Å². The van der Waals surface area contributed by atoms with Crippen molar-refractivity contribution in [2.45, 2.75) is 32.3 Å². The Morgan fingerprint density at radius 1 is 1.16 bits per heavy atom. The molecule has 0 aliphatic carbocycles. The zero-order valence-corrected chi connectivity index (χ0v) is 11.5. The number of nitrogens with zero attached hydrogens (tertiary/aromatic N) is 4. The molecule has 0 bridgehead atoms. The molecule has 3 rings (SSSR count). The van der Waals surface area contributed by atoms with Gasteiger partial charge in [-0.2, -0.15) is 0 Å². The molecule has 2 fully saturated rings. The molecule has 6 nitrogen and oxygen atoms in total. The van der Waals surface area contributed by atoms with Gasteiger partial charge in [-0.05, 0) is 32.4 Å².